The monoisotopic (exact) mass is 431 g/mol. The average molecular weight is 432 g/mol. The number of benzene rings is 2. The number of ketones is 2. The van der Waals surface area contributed by atoms with E-state index in [1.807, 2.05) is 79.5 Å². The summed E-state index contributed by atoms with van der Waals surface area (Å²) < 4.78 is 1.80. The first-order chi connectivity index (χ1) is 15.5. The van der Waals surface area contributed by atoms with Crippen LogP contribution in [0.2, 0.25) is 0 Å². The van der Waals surface area contributed by atoms with Crippen molar-refractivity contribution >= 4 is 11.6 Å². The molecule has 0 spiro atoms. The van der Waals surface area contributed by atoms with E-state index < -0.39 is 11.8 Å². The molecule has 32 heavy (non-hydrogen) atoms. The molecule has 1 aliphatic heterocycles. The summed E-state index contributed by atoms with van der Waals surface area (Å²) in [6, 6.07) is 18.5. The fourth-order valence-electron chi connectivity index (χ4n) is 4.86. The van der Waals surface area contributed by atoms with Crippen LogP contribution in [0.1, 0.15) is 37.9 Å². The highest BCUT2D eigenvalue weighted by molar-refractivity contribution is 6.02. The van der Waals surface area contributed by atoms with E-state index in [1.165, 1.54) is 0 Å². The Morgan fingerprint density at radius 3 is 1.84 bits per heavy atom. The molecule has 2 heterocycles. The van der Waals surface area contributed by atoms with Gasteiger partial charge in [-0.25, -0.2) is 0 Å². The lowest BCUT2D eigenvalue weighted by Gasteiger charge is -2.42. The smallest absolute Gasteiger partial charge is 0.167 e. The van der Waals surface area contributed by atoms with Crippen molar-refractivity contribution in [2.24, 2.45) is 18.9 Å². The van der Waals surface area contributed by atoms with Crippen molar-refractivity contribution in [3.05, 3.63) is 89.2 Å². The molecule has 1 aliphatic rings. The minimum Gasteiger partial charge on any atom is -0.395 e. The Kier molecular flexibility index (Phi) is 6.63. The zero-order valence-corrected chi connectivity index (χ0v) is 18.5. The quantitative estimate of drug-likeness (QED) is 0.582. The molecule has 0 amide bonds. The highest BCUT2D eigenvalue weighted by atomic mass is 16.3. The molecule has 2 atom stereocenters. The number of carbonyl (C=O) groups excluding carboxylic acids is 2. The second-order valence-corrected chi connectivity index (χ2v) is 8.49. The number of Topliss-reactive ketones (excluding diaryl/α,β-unsaturated/α-hetero) is 2. The fourth-order valence-corrected chi connectivity index (χ4v) is 4.86. The summed E-state index contributed by atoms with van der Waals surface area (Å²) in [5.74, 6) is -1.09. The normalized spacial score (nSPS) is 19.7. The molecular weight excluding hydrogens is 402 g/mol. The van der Waals surface area contributed by atoms with Crippen LogP contribution in [0.15, 0.2) is 66.9 Å². The van der Waals surface area contributed by atoms with E-state index in [0.29, 0.717) is 30.8 Å². The van der Waals surface area contributed by atoms with E-state index in [0.717, 1.165) is 11.3 Å². The van der Waals surface area contributed by atoms with Gasteiger partial charge in [0.25, 0.3) is 0 Å². The van der Waals surface area contributed by atoms with E-state index in [2.05, 4.69) is 5.10 Å². The van der Waals surface area contributed by atoms with Gasteiger partial charge < -0.3 is 5.11 Å². The van der Waals surface area contributed by atoms with Crippen molar-refractivity contribution < 1.29 is 14.7 Å². The van der Waals surface area contributed by atoms with Gasteiger partial charge in [-0.3, -0.25) is 19.2 Å². The number of rotatable bonds is 7. The number of aryl methyl sites for hydroxylation is 1. The molecule has 0 aliphatic carbocycles. The number of hydrogen-bond acceptors (Lipinski definition) is 5. The van der Waals surface area contributed by atoms with Crippen LogP contribution in [0.4, 0.5) is 0 Å². The molecule has 0 bridgehead atoms. The number of likely N-dealkylation sites (tertiary alicyclic amines) is 1. The Bertz CT molecular complexity index is 1020. The zero-order chi connectivity index (χ0) is 22.7. The Morgan fingerprint density at radius 2 is 1.44 bits per heavy atom. The van der Waals surface area contributed by atoms with E-state index in [-0.39, 0.29) is 24.1 Å². The van der Waals surface area contributed by atoms with Crippen molar-refractivity contribution in [3.63, 3.8) is 0 Å². The molecule has 6 heteroatoms. The fraction of sp³-hybridized carbons (Fsp3) is 0.346. The third-order valence-corrected chi connectivity index (χ3v) is 6.62. The molecule has 1 N–H and O–H groups in total. The topological polar surface area (TPSA) is 75.4 Å². The van der Waals surface area contributed by atoms with Crippen LogP contribution in [-0.2, 0) is 7.05 Å². The molecule has 6 nitrogen and oxygen atoms in total. The van der Waals surface area contributed by atoms with Crippen LogP contribution < -0.4 is 0 Å². The summed E-state index contributed by atoms with van der Waals surface area (Å²) >= 11 is 0. The van der Waals surface area contributed by atoms with Gasteiger partial charge in [0.15, 0.2) is 11.6 Å². The predicted octanol–water partition coefficient (Wildman–Crippen LogP) is 3.12. The lowest BCUT2D eigenvalue weighted by Crippen LogP contribution is -2.51. The van der Waals surface area contributed by atoms with Crippen LogP contribution in [0.5, 0.6) is 0 Å². The number of β-amino-alcohol motifs (C(OH)–C–C–N with tert-alkyl or cyclic N) is 1. The molecule has 0 saturated carbocycles. The molecule has 1 aromatic heterocycles. The number of aliphatic hydroxyl groups excluding tert-OH is 1. The van der Waals surface area contributed by atoms with E-state index in [4.69, 9.17) is 0 Å². The van der Waals surface area contributed by atoms with Crippen LogP contribution >= 0.6 is 0 Å². The first kappa shape index (κ1) is 22.1. The number of carbonyl (C=O) groups is 2. The Balaban J connectivity index is 1.82. The SMILES string of the molecule is Cc1c(C2[C@@H](C(=O)c3ccccc3)CN(CCO)C[C@@H]2C(=O)c2ccccc2)cnn1C. The standard InChI is InChI=1S/C26H29N3O3/c1-18-21(15-27-28(18)2)24-22(25(31)19-9-5-3-6-10-19)16-29(13-14-30)17-23(24)26(32)20-11-7-4-8-12-20/h3-12,15,22-24,30H,13-14,16-17H2,1-2H3/t22-,23-/m0/s1. The van der Waals surface area contributed by atoms with Crippen molar-refractivity contribution in [2.45, 2.75) is 12.8 Å². The number of nitrogens with zero attached hydrogens (tertiary/aromatic N) is 3. The zero-order valence-electron chi connectivity index (χ0n) is 18.5. The molecule has 1 saturated heterocycles. The first-order valence-corrected chi connectivity index (χ1v) is 11.0. The summed E-state index contributed by atoms with van der Waals surface area (Å²) in [5.41, 5.74) is 3.18. The molecule has 4 rings (SSSR count). The third kappa shape index (κ3) is 4.29. The predicted molar refractivity (Wildman–Crippen MR) is 123 cm³/mol. The van der Waals surface area contributed by atoms with E-state index in [9.17, 15) is 14.7 Å². The largest absolute Gasteiger partial charge is 0.395 e. The molecule has 2 aromatic carbocycles. The van der Waals surface area contributed by atoms with Crippen LogP contribution in [0.3, 0.4) is 0 Å². The molecule has 0 unspecified atom stereocenters. The average Bonchev–Trinajstić information content (AvgIpc) is 3.16. The molecule has 1 fully saturated rings. The summed E-state index contributed by atoms with van der Waals surface area (Å²) in [5, 5.41) is 14.0. The van der Waals surface area contributed by atoms with Crippen molar-refractivity contribution in [1.29, 1.82) is 0 Å². The van der Waals surface area contributed by atoms with E-state index in [1.54, 1.807) is 10.9 Å². The van der Waals surface area contributed by atoms with Gasteiger partial charge in [-0.05, 0) is 12.5 Å². The van der Waals surface area contributed by atoms with Crippen molar-refractivity contribution in [3.8, 4) is 0 Å². The summed E-state index contributed by atoms with van der Waals surface area (Å²) in [7, 11) is 1.88. The molecule has 166 valence electrons. The van der Waals surface area contributed by atoms with E-state index >= 15 is 0 Å². The van der Waals surface area contributed by atoms with Crippen molar-refractivity contribution in [1.82, 2.24) is 14.7 Å². The first-order valence-electron chi connectivity index (χ1n) is 11.0. The summed E-state index contributed by atoms with van der Waals surface area (Å²) in [6.07, 6.45) is 1.80. The third-order valence-electron chi connectivity index (χ3n) is 6.62. The molecular formula is C26H29N3O3. The van der Waals surface area contributed by atoms with Crippen LogP contribution in [-0.4, -0.2) is 57.6 Å². The number of hydrogen-bond donors (Lipinski definition) is 1. The van der Waals surface area contributed by atoms with Gasteiger partial charge in [0.2, 0.25) is 0 Å². The Hall–Kier alpha value is -3.09. The maximum absolute atomic E-state index is 13.7. The minimum absolute atomic E-state index is 0.0188. The summed E-state index contributed by atoms with van der Waals surface area (Å²) in [4.78, 5) is 29.5. The lowest BCUT2D eigenvalue weighted by molar-refractivity contribution is 0.0529. The number of piperidine rings is 1. The second kappa shape index (κ2) is 9.59. The van der Waals surface area contributed by atoms with Crippen LogP contribution in [0, 0.1) is 18.8 Å². The number of aliphatic hydroxyl groups is 1. The molecule has 3 aromatic rings. The second-order valence-electron chi connectivity index (χ2n) is 8.49. The molecule has 0 radical (unpaired) electrons. The van der Waals surface area contributed by atoms with Gasteiger partial charge in [-0.1, -0.05) is 60.7 Å². The Morgan fingerprint density at radius 1 is 0.938 bits per heavy atom. The van der Waals surface area contributed by atoms with Gasteiger partial charge in [-0.2, -0.15) is 5.10 Å². The van der Waals surface area contributed by atoms with Gasteiger partial charge in [0.05, 0.1) is 12.8 Å². The number of aromatic nitrogens is 2. The minimum atomic E-state index is -0.418. The van der Waals surface area contributed by atoms with Gasteiger partial charge in [0.1, 0.15) is 0 Å². The highest BCUT2D eigenvalue weighted by Gasteiger charge is 2.45. The van der Waals surface area contributed by atoms with Crippen LogP contribution in [0.25, 0.3) is 0 Å². The van der Waals surface area contributed by atoms with Gasteiger partial charge >= 0.3 is 0 Å². The maximum atomic E-state index is 13.7. The Labute approximate surface area is 188 Å². The highest BCUT2D eigenvalue weighted by Crippen LogP contribution is 2.41. The maximum Gasteiger partial charge on any atom is 0.167 e. The van der Waals surface area contributed by atoms with Gasteiger partial charge in [0, 0.05) is 61.3 Å². The summed E-state index contributed by atoms with van der Waals surface area (Å²) in [6.45, 7) is 3.37. The van der Waals surface area contributed by atoms with Crippen molar-refractivity contribution in [2.75, 3.05) is 26.2 Å². The lowest BCUT2D eigenvalue weighted by atomic mass is 9.68. The van der Waals surface area contributed by atoms with Gasteiger partial charge in [-0.15, -0.1) is 0 Å².